The summed E-state index contributed by atoms with van der Waals surface area (Å²) in [5, 5.41) is 0. The molecule has 1 aliphatic heterocycles. The van der Waals surface area contributed by atoms with Gasteiger partial charge < -0.3 is 4.90 Å². The molecule has 3 nitrogen and oxygen atoms in total. The Morgan fingerprint density at radius 2 is 1.96 bits per heavy atom. The topological polar surface area (TPSA) is 23.6 Å². The Morgan fingerprint density at radius 3 is 2.80 bits per heavy atom. The summed E-state index contributed by atoms with van der Waals surface area (Å²) in [5.74, 6) is 0.282. The van der Waals surface area contributed by atoms with Crippen LogP contribution in [0.5, 0.6) is 0 Å². The van der Waals surface area contributed by atoms with Crippen molar-refractivity contribution in [3.63, 3.8) is 0 Å². The van der Waals surface area contributed by atoms with Gasteiger partial charge in [-0.25, -0.2) is 0 Å². The van der Waals surface area contributed by atoms with Crippen LogP contribution in [-0.4, -0.2) is 47.9 Å². The third kappa shape index (κ3) is 3.39. The van der Waals surface area contributed by atoms with Crippen LogP contribution >= 0.6 is 0 Å². The molecular formula is C22H30N2O. The molecule has 0 aromatic heterocycles. The molecule has 2 atom stereocenters. The number of benzene rings is 1. The quantitative estimate of drug-likeness (QED) is 0.836. The van der Waals surface area contributed by atoms with E-state index in [1.165, 1.54) is 61.9 Å². The Morgan fingerprint density at radius 1 is 1.16 bits per heavy atom. The monoisotopic (exact) mass is 338 g/mol. The molecule has 1 amide bonds. The number of carbonyl (C=O) groups excluding carboxylic acids is 1. The van der Waals surface area contributed by atoms with Crippen LogP contribution in [0.15, 0.2) is 24.3 Å². The van der Waals surface area contributed by atoms with Gasteiger partial charge in [0.05, 0.1) is 6.42 Å². The van der Waals surface area contributed by atoms with E-state index in [9.17, 15) is 4.79 Å². The van der Waals surface area contributed by atoms with Crippen molar-refractivity contribution >= 4 is 12.0 Å². The molecular weight excluding hydrogens is 308 g/mol. The molecule has 25 heavy (non-hydrogen) atoms. The lowest BCUT2D eigenvalue weighted by Gasteiger charge is -2.42. The highest BCUT2D eigenvalue weighted by atomic mass is 16.2. The lowest BCUT2D eigenvalue weighted by Crippen LogP contribution is -2.53. The van der Waals surface area contributed by atoms with E-state index in [4.69, 9.17) is 0 Å². The van der Waals surface area contributed by atoms with Gasteiger partial charge in [0.15, 0.2) is 0 Å². The van der Waals surface area contributed by atoms with Gasteiger partial charge in [-0.2, -0.15) is 0 Å². The first-order valence-corrected chi connectivity index (χ1v) is 10.0. The zero-order chi connectivity index (χ0) is 17.2. The molecule has 3 aliphatic rings. The summed E-state index contributed by atoms with van der Waals surface area (Å²) in [7, 11) is 2.04. The molecule has 1 heterocycles. The van der Waals surface area contributed by atoms with Crippen molar-refractivity contribution < 1.29 is 4.79 Å². The first-order valence-electron chi connectivity index (χ1n) is 10.0. The average Bonchev–Trinajstić information content (AvgIpc) is 3.33. The summed E-state index contributed by atoms with van der Waals surface area (Å²) in [6.07, 6.45) is 13.6. The van der Waals surface area contributed by atoms with Crippen molar-refractivity contribution in [2.24, 2.45) is 0 Å². The van der Waals surface area contributed by atoms with Crippen LogP contribution in [0.1, 0.15) is 55.2 Å². The first-order chi connectivity index (χ1) is 12.2. The fraction of sp³-hybridized carbons (Fsp3) is 0.591. The summed E-state index contributed by atoms with van der Waals surface area (Å²) < 4.78 is 0. The van der Waals surface area contributed by atoms with Gasteiger partial charge in [0.2, 0.25) is 5.91 Å². The van der Waals surface area contributed by atoms with Gasteiger partial charge in [0.25, 0.3) is 0 Å². The second-order valence-corrected chi connectivity index (χ2v) is 7.94. The smallest absolute Gasteiger partial charge is 0.227 e. The largest absolute Gasteiger partial charge is 0.341 e. The Labute approximate surface area is 151 Å². The summed E-state index contributed by atoms with van der Waals surface area (Å²) in [4.78, 5) is 17.8. The number of hydrogen-bond acceptors (Lipinski definition) is 2. The summed E-state index contributed by atoms with van der Waals surface area (Å²) in [6, 6.07) is 7.37. The average molecular weight is 338 g/mol. The molecule has 0 N–H and O–H groups in total. The summed E-state index contributed by atoms with van der Waals surface area (Å²) >= 11 is 0. The van der Waals surface area contributed by atoms with Crippen molar-refractivity contribution in [3.05, 3.63) is 41.0 Å². The first kappa shape index (κ1) is 16.8. The number of likely N-dealkylation sites (tertiary alicyclic amines) is 1. The van der Waals surface area contributed by atoms with Crippen LogP contribution in [0.2, 0.25) is 0 Å². The molecule has 2 fully saturated rings. The number of fused-ring (bicyclic) bond motifs is 1. The molecule has 0 spiro atoms. The number of allylic oxidation sites excluding steroid dienone is 1. The highest BCUT2D eigenvalue weighted by Crippen LogP contribution is 2.30. The number of amides is 1. The highest BCUT2D eigenvalue weighted by Gasteiger charge is 2.35. The van der Waals surface area contributed by atoms with E-state index >= 15 is 0 Å². The molecule has 3 heteroatoms. The molecule has 4 rings (SSSR count). The summed E-state index contributed by atoms with van der Waals surface area (Å²) in [5.41, 5.74) is 3.83. The molecule has 134 valence electrons. The van der Waals surface area contributed by atoms with Crippen molar-refractivity contribution in [1.82, 2.24) is 9.80 Å². The minimum atomic E-state index is 0.282. The second kappa shape index (κ2) is 7.33. The highest BCUT2D eigenvalue weighted by molar-refractivity contribution is 5.81. The fourth-order valence-corrected chi connectivity index (χ4v) is 5.03. The van der Waals surface area contributed by atoms with Crippen LogP contribution in [0.3, 0.4) is 0 Å². The molecule has 1 aromatic rings. The van der Waals surface area contributed by atoms with Crippen LogP contribution in [0, 0.1) is 0 Å². The Balaban J connectivity index is 1.47. The normalized spacial score (nSPS) is 26.0. The van der Waals surface area contributed by atoms with E-state index in [1.54, 1.807) is 0 Å². The van der Waals surface area contributed by atoms with E-state index < -0.39 is 0 Å². The minimum Gasteiger partial charge on any atom is -0.341 e. The predicted molar refractivity (Wildman–Crippen MR) is 103 cm³/mol. The van der Waals surface area contributed by atoms with Gasteiger partial charge in [0.1, 0.15) is 0 Å². The molecule has 0 bridgehead atoms. The maximum Gasteiger partial charge on any atom is 0.227 e. The SMILES string of the molecule is CN(C(=O)Cc1cccc2c1C=CC2)[C@@H]1CCCC[C@H]1N1CCCC1. The van der Waals surface area contributed by atoms with E-state index in [1.807, 2.05) is 7.05 Å². The van der Waals surface area contributed by atoms with Gasteiger partial charge in [0, 0.05) is 19.1 Å². The van der Waals surface area contributed by atoms with Gasteiger partial charge in [-0.1, -0.05) is 43.2 Å². The maximum atomic E-state index is 13.1. The lowest BCUT2D eigenvalue weighted by atomic mass is 9.88. The van der Waals surface area contributed by atoms with E-state index in [2.05, 4.69) is 40.2 Å². The maximum absolute atomic E-state index is 13.1. The molecule has 1 saturated carbocycles. The van der Waals surface area contributed by atoms with E-state index in [0.717, 1.165) is 12.8 Å². The molecule has 1 aromatic carbocycles. The number of rotatable bonds is 4. The fourth-order valence-electron chi connectivity index (χ4n) is 5.03. The number of carbonyl (C=O) groups is 1. The van der Waals surface area contributed by atoms with Gasteiger partial charge in [-0.3, -0.25) is 9.69 Å². The van der Waals surface area contributed by atoms with Crippen molar-refractivity contribution in [3.8, 4) is 0 Å². The van der Waals surface area contributed by atoms with Crippen LogP contribution in [0.4, 0.5) is 0 Å². The van der Waals surface area contributed by atoms with E-state index in [-0.39, 0.29) is 5.91 Å². The Kier molecular flexibility index (Phi) is 4.93. The third-order valence-corrected chi connectivity index (χ3v) is 6.45. The van der Waals surface area contributed by atoms with Crippen molar-refractivity contribution in [1.29, 1.82) is 0 Å². The van der Waals surface area contributed by atoms with Gasteiger partial charge in [-0.05, 0) is 61.9 Å². The Hall–Kier alpha value is -1.61. The zero-order valence-corrected chi connectivity index (χ0v) is 15.4. The summed E-state index contributed by atoms with van der Waals surface area (Å²) in [6.45, 7) is 2.44. The zero-order valence-electron chi connectivity index (χ0n) is 15.4. The molecule has 2 aliphatic carbocycles. The van der Waals surface area contributed by atoms with E-state index in [0.29, 0.717) is 18.5 Å². The standard InChI is InChI=1S/C22H30N2O/c1-23(20-12-2-3-13-21(20)24-14-4-5-15-24)22(25)16-18-10-6-8-17-9-7-11-19(17)18/h6-8,10-11,20-21H,2-5,9,12-16H2,1H3/t20-,21-/m1/s1. The Bertz CT molecular complexity index is 660. The van der Waals surface area contributed by atoms with Crippen LogP contribution in [-0.2, 0) is 17.6 Å². The molecule has 0 radical (unpaired) electrons. The number of hydrogen-bond donors (Lipinski definition) is 0. The van der Waals surface area contributed by atoms with Crippen molar-refractivity contribution in [2.45, 2.75) is 63.5 Å². The third-order valence-electron chi connectivity index (χ3n) is 6.45. The minimum absolute atomic E-state index is 0.282. The number of nitrogens with zero attached hydrogens (tertiary/aromatic N) is 2. The molecule has 0 unspecified atom stereocenters. The number of likely N-dealkylation sites (N-methyl/N-ethyl adjacent to an activating group) is 1. The van der Waals surface area contributed by atoms with Crippen LogP contribution in [0.25, 0.3) is 6.08 Å². The van der Waals surface area contributed by atoms with Crippen LogP contribution < -0.4 is 0 Å². The second-order valence-electron chi connectivity index (χ2n) is 7.94. The molecule has 1 saturated heterocycles. The lowest BCUT2D eigenvalue weighted by molar-refractivity contribution is -0.133. The van der Waals surface area contributed by atoms with Gasteiger partial charge >= 0.3 is 0 Å². The van der Waals surface area contributed by atoms with Crippen molar-refractivity contribution in [2.75, 3.05) is 20.1 Å². The van der Waals surface area contributed by atoms with Gasteiger partial charge in [-0.15, -0.1) is 0 Å². The predicted octanol–water partition coefficient (Wildman–Crippen LogP) is 3.66.